The van der Waals surface area contributed by atoms with E-state index in [1.165, 1.54) is 24.5 Å². The maximum Gasteiger partial charge on any atom is 0.248 e. The molecule has 0 aliphatic heterocycles. The number of amides is 1. The second-order valence-corrected chi connectivity index (χ2v) is 7.62. The number of fused-ring (bicyclic) bond motifs is 1. The lowest BCUT2D eigenvalue weighted by atomic mass is 10.1. The van der Waals surface area contributed by atoms with E-state index in [0.717, 1.165) is 13.1 Å². The Morgan fingerprint density at radius 1 is 1.26 bits per heavy atom. The smallest absolute Gasteiger partial charge is 0.248 e. The molecule has 0 spiro atoms. The van der Waals surface area contributed by atoms with Crippen molar-refractivity contribution < 1.29 is 13.9 Å². The van der Waals surface area contributed by atoms with Crippen LogP contribution >= 0.6 is 11.6 Å². The summed E-state index contributed by atoms with van der Waals surface area (Å²) in [6.07, 6.45) is 10.0. The maximum atomic E-state index is 13.5. The van der Waals surface area contributed by atoms with Gasteiger partial charge in [0.1, 0.15) is 30.3 Å². The Bertz CT molecular complexity index is 1240. The number of hydrogen-bond acceptors (Lipinski definition) is 6. The minimum atomic E-state index is -0.519. The van der Waals surface area contributed by atoms with E-state index in [4.69, 9.17) is 22.8 Å². The Morgan fingerprint density at radius 3 is 2.76 bits per heavy atom. The van der Waals surface area contributed by atoms with Crippen molar-refractivity contribution in [1.82, 2.24) is 14.9 Å². The van der Waals surface area contributed by atoms with Gasteiger partial charge in [-0.3, -0.25) is 4.79 Å². The summed E-state index contributed by atoms with van der Waals surface area (Å²) in [4.78, 5) is 23.3. The fourth-order valence-electron chi connectivity index (χ4n) is 3.20. The average Bonchev–Trinajstić information content (AvgIpc) is 2.83. The zero-order valence-electron chi connectivity index (χ0n) is 18.9. The molecule has 0 bridgehead atoms. The van der Waals surface area contributed by atoms with Crippen molar-refractivity contribution in [2.24, 2.45) is 0 Å². The number of nitrogens with one attached hydrogen (secondary N) is 2. The van der Waals surface area contributed by atoms with Gasteiger partial charge in [0.2, 0.25) is 5.91 Å². The van der Waals surface area contributed by atoms with E-state index in [1.54, 1.807) is 24.3 Å². The lowest BCUT2D eigenvalue weighted by Crippen LogP contribution is -2.23. The number of carbonyl (C=O) groups excluding carboxylic acids is 1. The fraction of sp³-hybridized carbons (Fsp3) is 0.240. The van der Waals surface area contributed by atoms with E-state index >= 15 is 0 Å². The highest BCUT2D eigenvalue weighted by Gasteiger charge is 2.13. The van der Waals surface area contributed by atoms with Crippen LogP contribution in [0.15, 0.2) is 48.8 Å². The van der Waals surface area contributed by atoms with Gasteiger partial charge in [-0.05, 0) is 37.4 Å². The van der Waals surface area contributed by atoms with Crippen molar-refractivity contribution in [1.29, 1.82) is 0 Å². The van der Waals surface area contributed by atoms with Gasteiger partial charge in [0.25, 0.3) is 0 Å². The van der Waals surface area contributed by atoms with Crippen molar-refractivity contribution in [3.63, 3.8) is 0 Å². The number of likely N-dealkylation sites (N-methyl/N-ethyl adjacent to an activating group) is 1. The number of terminal acetylenes is 1. The molecule has 3 aromatic rings. The van der Waals surface area contributed by atoms with Crippen LogP contribution in [0.4, 0.5) is 21.6 Å². The first-order valence-electron chi connectivity index (χ1n) is 10.7. The number of halogens is 2. The second kappa shape index (κ2) is 12.0. The fourth-order valence-corrected chi connectivity index (χ4v) is 3.38. The third-order valence-corrected chi connectivity index (χ3v) is 5.30. The highest BCUT2D eigenvalue weighted by Crippen LogP contribution is 2.33. The molecule has 0 radical (unpaired) electrons. The van der Waals surface area contributed by atoms with Gasteiger partial charge in [0.15, 0.2) is 0 Å². The molecule has 2 aromatic carbocycles. The van der Waals surface area contributed by atoms with Crippen LogP contribution in [0.2, 0.25) is 5.02 Å². The molecule has 7 nitrogen and oxygen atoms in total. The van der Waals surface area contributed by atoms with Crippen molar-refractivity contribution in [2.75, 3.05) is 36.9 Å². The molecule has 0 aliphatic rings. The van der Waals surface area contributed by atoms with Gasteiger partial charge in [-0.25, -0.2) is 14.4 Å². The Kier molecular flexibility index (Phi) is 8.79. The summed E-state index contributed by atoms with van der Waals surface area (Å²) in [7, 11) is 0. The highest BCUT2D eigenvalue weighted by molar-refractivity contribution is 6.31. The minimum absolute atomic E-state index is 0.0159. The van der Waals surface area contributed by atoms with Crippen molar-refractivity contribution in [2.45, 2.75) is 13.8 Å². The van der Waals surface area contributed by atoms with Gasteiger partial charge in [0.05, 0.1) is 16.2 Å². The molecule has 0 saturated heterocycles. The zero-order chi connectivity index (χ0) is 24.5. The molecule has 0 unspecified atom stereocenters. The third kappa shape index (κ3) is 6.44. The summed E-state index contributed by atoms with van der Waals surface area (Å²) in [6.45, 7) is 6.61. The highest BCUT2D eigenvalue weighted by atomic mass is 35.5. The van der Waals surface area contributed by atoms with Crippen LogP contribution in [0.5, 0.6) is 5.75 Å². The monoisotopic (exact) mass is 481 g/mol. The number of anilines is 3. The molecule has 1 amide bonds. The summed E-state index contributed by atoms with van der Waals surface area (Å²) < 4.78 is 19.2. The standard InChI is InChI=1S/C25H25ClFN5O2/c1-4-12-34-23-15-21-18(14-22(23)31-24(33)8-7-11-32(5-2)6-3)25(29-16-28-21)30-17-9-10-20(27)19(26)13-17/h1,7-10,13-16H,5-6,11-12H2,2-3H3,(H,31,33)(H,28,29,30)/b8-7+. The molecule has 176 valence electrons. The van der Waals surface area contributed by atoms with Crippen molar-refractivity contribution in [3.05, 3.63) is 59.7 Å². The number of rotatable bonds is 10. The molecule has 0 aliphatic carbocycles. The quantitative estimate of drug-likeness (QED) is 0.313. The molecule has 3 rings (SSSR count). The lowest BCUT2D eigenvalue weighted by molar-refractivity contribution is -0.111. The minimum Gasteiger partial charge on any atom is -0.479 e. The van der Waals surface area contributed by atoms with Crippen LogP contribution in [0.25, 0.3) is 10.9 Å². The average molecular weight is 482 g/mol. The maximum absolute atomic E-state index is 13.5. The van der Waals surface area contributed by atoms with Crippen LogP contribution in [-0.4, -0.2) is 47.0 Å². The van der Waals surface area contributed by atoms with E-state index in [2.05, 4.69) is 45.3 Å². The molecule has 9 heteroatoms. The molecular weight excluding hydrogens is 457 g/mol. The Hall–Kier alpha value is -3.67. The first-order valence-corrected chi connectivity index (χ1v) is 11.1. The third-order valence-electron chi connectivity index (χ3n) is 5.02. The lowest BCUT2D eigenvalue weighted by Gasteiger charge is -2.15. The first kappa shape index (κ1) is 25.0. The van der Waals surface area contributed by atoms with Gasteiger partial charge >= 0.3 is 0 Å². The van der Waals surface area contributed by atoms with E-state index in [9.17, 15) is 9.18 Å². The number of hydrogen-bond donors (Lipinski definition) is 2. The number of ether oxygens (including phenoxy) is 1. The zero-order valence-corrected chi connectivity index (χ0v) is 19.7. The summed E-state index contributed by atoms with van der Waals surface area (Å²) in [5, 5.41) is 6.54. The Morgan fingerprint density at radius 2 is 2.06 bits per heavy atom. The number of aromatic nitrogens is 2. The Balaban J connectivity index is 1.92. The van der Waals surface area contributed by atoms with Crippen molar-refractivity contribution >= 4 is 45.6 Å². The number of nitrogens with zero attached hydrogens (tertiary/aromatic N) is 3. The molecule has 0 saturated carbocycles. The predicted molar refractivity (Wildman–Crippen MR) is 134 cm³/mol. The molecule has 1 aromatic heterocycles. The SMILES string of the molecule is C#CCOc1cc2ncnc(Nc3ccc(F)c(Cl)c3)c2cc1NC(=O)/C=C/CN(CC)CC. The normalized spacial score (nSPS) is 11.1. The molecule has 1 heterocycles. The van der Waals surface area contributed by atoms with Crippen LogP contribution in [0.1, 0.15) is 13.8 Å². The Labute approximate surface area is 203 Å². The first-order chi connectivity index (χ1) is 16.4. The van der Waals surface area contributed by atoms with E-state index < -0.39 is 5.82 Å². The molecule has 0 fully saturated rings. The summed E-state index contributed by atoms with van der Waals surface area (Å²) >= 11 is 5.89. The predicted octanol–water partition coefficient (Wildman–Crippen LogP) is 5.01. The van der Waals surface area contributed by atoms with Crippen molar-refractivity contribution in [3.8, 4) is 18.1 Å². The van der Waals surface area contributed by atoms with Gasteiger partial charge < -0.3 is 20.3 Å². The van der Waals surface area contributed by atoms with E-state index in [-0.39, 0.29) is 17.5 Å². The summed E-state index contributed by atoms with van der Waals surface area (Å²) in [6, 6.07) is 7.63. The van der Waals surface area contributed by atoms with Gasteiger partial charge in [0, 0.05) is 29.8 Å². The van der Waals surface area contributed by atoms with E-state index in [0.29, 0.717) is 40.4 Å². The van der Waals surface area contributed by atoms with Gasteiger partial charge in [-0.15, -0.1) is 6.42 Å². The largest absolute Gasteiger partial charge is 0.479 e. The van der Waals surface area contributed by atoms with Crippen LogP contribution in [-0.2, 0) is 4.79 Å². The van der Waals surface area contributed by atoms with E-state index in [1.807, 2.05) is 0 Å². The summed E-state index contributed by atoms with van der Waals surface area (Å²) in [5.41, 5.74) is 1.52. The van der Waals surface area contributed by atoms with Gasteiger partial charge in [-0.2, -0.15) is 0 Å². The summed E-state index contributed by atoms with van der Waals surface area (Å²) in [5.74, 6) is 2.41. The molecular formula is C25H25ClFN5O2. The number of carbonyl (C=O) groups is 1. The van der Waals surface area contributed by atoms with Gasteiger partial charge in [-0.1, -0.05) is 37.4 Å². The number of benzene rings is 2. The van der Waals surface area contributed by atoms with Crippen LogP contribution in [0, 0.1) is 18.2 Å². The molecule has 34 heavy (non-hydrogen) atoms. The second-order valence-electron chi connectivity index (χ2n) is 7.21. The topological polar surface area (TPSA) is 79.4 Å². The molecule has 0 atom stereocenters. The van der Waals surface area contributed by atoms with Crippen LogP contribution < -0.4 is 15.4 Å². The van der Waals surface area contributed by atoms with Crippen LogP contribution in [0.3, 0.4) is 0 Å². The molecule has 2 N–H and O–H groups in total.